The van der Waals surface area contributed by atoms with E-state index in [1.807, 2.05) is 38.8 Å². The lowest BCUT2D eigenvalue weighted by Crippen LogP contribution is -2.21. The topological polar surface area (TPSA) is 33.1 Å². The molecule has 1 N–H and O–H groups in total. The minimum Gasteiger partial charge on any atom is -0.363 e. The molecule has 118 valence electrons. The van der Waals surface area contributed by atoms with Crippen LogP contribution in [0.2, 0.25) is 0 Å². The highest BCUT2D eigenvalue weighted by molar-refractivity contribution is 5.49. The molecular weight excluding hydrogens is 279 g/mol. The number of nitrogens with one attached hydrogen (secondary N) is 1. The van der Waals surface area contributed by atoms with Crippen LogP contribution in [0.1, 0.15) is 34.8 Å². The predicted molar refractivity (Wildman–Crippen MR) is 86.6 cm³/mol. The summed E-state index contributed by atoms with van der Waals surface area (Å²) in [5.74, 6) is 0.986. The van der Waals surface area contributed by atoms with E-state index in [0.717, 1.165) is 36.5 Å². The van der Waals surface area contributed by atoms with Crippen LogP contribution in [0.15, 0.2) is 18.2 Å². The van der Waals surface area contributed by atoms with Crippen LogP contribution in [0.4, 0.5) is 10.2 Å². The third-order valence-corrected chi connectivity index (χ3v) is 4.44. The molecule has 4 nitrogen and oxygen atoms in total. The first-order chi connectivity index (χ1) is 10.5. The van der Waals surface area contributed by atoms with Crippen molar-refractivity contribution in [3.05, 3.63) is 46.4 Å². The summed E-state index contributed by atoms with van der Waals surface area (Å²) >= 11 is 0. The number of rotatable bonds is 4. The van der Waals surface area contributed by atoms with E-state index in [4.69, 9.17) is 0 Å². The Labute approximate surface area is 130 Å². The molecule has 0 radical (unpaired) electrons. The number of hydrogen-bond donors (Lipinski definition) is 1. The van der Waals surface area contributed by atoms with Crippen molar-refractivity contribution in [2.75, 3.05) is 19.0 Å². The standard InChI is InChI=1S/C17H23FN4/c1-11-15(17(21(2)3)22(4)20-11)10-19-16-8-5-12-9-13(18)6-7-14(12)16/h6-7,9,16,19H,5,8,10H2,1-4H3/t16-/m1/s1. The quantitative estimate of drug-likeness (QED) is 0.942. The van der Waals surface area contributed by atoms with Crippen molar-refractivity contribution in [2.24, 2.45) is 7.05 Å². The molecule has 0 aliphatic heterocycles. The zero-order chi connectivity index (χ0) is 15.9. The van der Waals surface area contributed by atoms with Crippen molar-refractivity contribution in [2.45, 2.75) is 32.4 Å². The second-order valence-electron chi connectivity index (χ2n) is 6.22. The highest BCUT2D eigenvalue weighted by Gasteiger charge is 2.23. The summed E-state index contributed by atoms with van der Waals surface area (Å²) in [6, 6.07) is 5.43. The molecule has 22 heavy (non-hydrogen) atoms. The van der Waals surface area contributed by atoms with E-state index in [1.165, 1.54) is 11.1 Å². The molecule has 1 heterocycles. The van der Waals surface area contributed by atoms with Crippen LogP contribution in [0.5, 0.6) is 0 Å². The maximum Gasteiger partial charge on any atom is 0.130 e. The monoisotopic (exact) mass is 302 g/mol. The molecule has 0 saturated heterocycles. The summed E-state index contributed by atoms with van der Waals surface area (Å²) in [6.45, 7) is 2.82. The Morgan fingerprint density at radius 3 is 2.91 bits per heavy atom. The van der Waals surface area contributed by atoms with Crippen LogP contribution in [0.3, 0.4) is 0 Å². The van der Waals surface area contributed by atoms with E-state index >= 15 is 0 Å². The number of benzene rings is 1. The van der Waals surface area contributed by atoms with Gasteiger partial charge in [-0.1, -0.05) is 6.07 Å². The third-order valence-electron chi connectivity index (χ3n) is 4.44. The zero-order valence-electron chi connectivity index (χ0n) is 13.7. The minimum atomic E-state index is -0.141. The van der Waals surface area contributed by atoms with Gasteiger partial charge in [-0.05, 0) is 43.0 Å². The SMILES string of the molecule is Cc1nn(C)c(N(C)C)c1CN[C@@H]1CCc2cc(F)ccc21. The third kappa shape index (κ3) is 2.61. The second-order valence-corrected chi connectivity index (χ2v) is 6.22. The zero-order valence-corrected chi connectivity index (χ0v) is 13.7. The van der Waals surface area contributed by atoms with E-state index in [0.29, 0.717) is 6.04 Å². The van der Waals surface area contributed by atoms with E-state index in [9.17, 15) is 4.39 Å². The molecule has 1 aromatic heterocycles. The average molecular weight is 302 g/mol. The van der Waals surface area contributed by atoms with E-state index in [1.54, 1.807) is 12.1 Å². The number of anilines is 1. The van der Waals surface area contributed by atoms with Crippen molar-refractivity contribution in [1.82, 2.24) is 15.1 Å². The first-order valence-corrected chi connectivity index (χ1v) is 7.69. The summed E-state index contributed by atoms with van der Waals surface area (Å²) in [7, 11) is 6.04. The smallest absolute Gasteiger partial charge is 0.130 e. The fourth-order valence-electron chi connectivity index (χ4n) is 3.48. The summed E-state index contributed by atoms with van der Waals surface area (Å²) in [5.41, 5.74) is 4.64. The van der Waals surface area contributed by atoms with Gasteiger partial charge in [-0.3, -0.25) is 4.68 Å². The summed E-state index contributed by atoms with van der Waals surface area (Å²) < 4.78 is 15.2. The molecule has 5 heteroatoms. The van der Waals surface area contributed by atoms with Gasteiger partial charge in [-0.15, -0.1) is 0 Å². The Bertz CT molecular complexity index is 690. The Kier molecular flexibility index (Phi) is 3.91. The van der Waals surface area contributed by atoms with Gasteiger partial charge in [0.1, 0.15) is 11.6 Å². The normalized spacial score (nSPS) is 16.9. The molecule has 0 unspecified atom stereocenters. The maximum atomic E-state index is 13.3. The number of hydrogen-bond acceptors (Lipinski definition) is 3. The molecule has 1 aliphatic carbocycles. The summed E-state index contributed by atoms with van der Waals surface area (Å²) in [6.07, 6.45) is 1.96. The van der Waals surface area contributed by atoms with Crippen LogP contribution >= 0.6 is 0 Å². The van der Waals surface area contributed by atoms with Crippen molar-refractivity contribution in [1.29, 1.82) is 0 Å². The van der Waals surface area contributed by atoms with Gasteiger partial charge >= 0.3 is 0 Å². The van der Waals surface area contributed by atoms with Gasteiger partial charge in [0.05, 0.1) is 5.69 Å². The summed E-state index contributed by atoms with van der Waals surface area (Å²) in [4.78, 5) is 2.09. The van der Waals surface area contributed by atoms with Gasteiger partial charge in [-0.2, -0.15) is 5.10 Å². The number of aromatic nitrogens is 2. The number of aryl methyl sites for hydroxylation is 3. The highest BCUT2D eigenvalue weighted by atomic mass is 19.1. The molecule has 2 aromatic rings. The molecule has 3 rings (SSSR count). The Morgan fingerprint density at radius 1 is 1.41 bits per heavy atom. The molecule has 1 aromatic carbocycles. The second kappa shape index (κ2) is 5.72. The van der Waals surface area contributed by atoms with Gasteiger partial charge in [-0.25, -0.2) is 4.39 Å². The highest BCUT2D eigenvalue weighted by Crippen LogP contribution is 2.32. The van der Waals surface area contributed by atoms with Crippen LogP contribution in [0.25, 0.3) is 0 Å². The fourth-order valence-corrected chi connectivity index (χ4v) is 3.48. The van der Waals surface area contributed by atoms with E-state index in [2.05, 4.69) is 15.3 Å². The minimum absolute atomic E-state index is 0.141. The van der Waals surface area contributed by atoms with Crippen molar-refractivity contribution >= 4 is 5.82 Å². The number of nitrogens with zero attached hydrogens (tertiary/aromatic N) is 3. The number of halogens is 1. The maximum absolute atomic E-state index is 13.3. The van der Waals surface area contributed by atoms with Crippen molar-refractivity contribution < 1.29 is 4.39 Å². The first kappa shape index (κ1) is 15.0. The van der Waals surface area contributed by atoms with Crippen LogP contribution in [-0.4, -0.2) is 23.9 Å². The van der Waals surface area contributed by atoms with Gasteiger partial charge in [0.25, 0.3) is 0 Å². The largest absolute Gasteiger partial charge is 0.363 e. The van der Waals surface area contributed by atoms with Crippen LogP contribution in [0, 0.1) is 12.7 Å². The Balaban J connectivity index is 1.78. The van der Waals surface area contributed by atoms with Crippen molar-refractivity contribution in [3.63, 3.8) is 0 Å². The lowest BCUT2D eigenvalue weighted by Gasteiger charge is -2.18. The first-order valence-electron chi connectivity index (χ1n) is 7.69. The average Bonchev–Trinajstić information content (AvgIpc) is 2.96. The lowest BCUT2D eigenvalue weighted by atomic mass is 10.1. The predicted octanol–water partition coefficient (Wildman–Crippen LogP) is 2.71. The molecule has 0 amide bonds. The molecule has 0 fully saturated rings. The van der Waals surface area contributed by atoms with Crippen molar-refractivity contribution in [3.8, 4) is 0 Å². The Morgan fingerprint density at radius 2 is 2.18 bits per heavy atom. The van der Waals surface area contributed by atoms with Gasteiger partial charge in [0.15, 0.2) is 0 Å². The van der Waals surface area contributed by atoms with E-state index < -0.39 is 0 Å². The molecule has 1 aliphatic rings. The number of fused-ring (bicyclic) bond motifs is 1. The van der Waals surface area contributed by atoms with E-state index in [-0.39, 0.29) is 5.82 Å². The fraction of sp³-hybridized carbons (Fsp3) is 0.471. The van der Waals surface area contributed by atoms with Gasteiger partial charge in [0, 0.05) is 39.3 Å². The Hall–Kier alpha value is -1.88. The molecule has 1 atom stereocenters. The lowest BCUT2D eigenvalue weighted by molar-refractivity contribution is 0.529. The molecule has 0 bridgehead atoms. The van der Waals surface area contributed by atoms with Crippen LogP contribution in [-0.2, 0) is 20.0 Å². The molecule has 0 saturated carbocycles. The summed E-state index contributed by atoms with van der Waals surface area (Å²) in [5, 5.41) is 8.14. The molecular formula is C17H23FN4. The molecule has 0 spiro atoms. The van der Waals surface area contributed by atoms with Gasteiger partial charge in [0.2, 0.25) is 0 Å². The van der Waals surface area contributed by atoms with Crippen LogP contribution < -0.4 is 10.2 Å². The van der Waals surface area contributed by atoms with Gasteiger partial charge < -0.3 is 10.2 Å².